The van der Waals surface area contributed by atoms with Gasteiger partial charge in [0.2, 0.25) is 0 Å². The van der Waals surface area contributed by atoms with Crippen molar-refractivity contribution in [3.05, 3.63) is 65.7 Å². The molecule has 1 atom stereocenters. The van der Waals surface area contributed by atoms with Crippen LogP contribution in [0.2, 0.25) is 0 Å². The minimum absolute atomic E-state index is 0.306. The Labute approximate surface area is 158 Å². The van der Waals surface area contributed by atoms with Gasteiger partial charge in [0.1, 0.15) is 11.5 Å². The van der Waals surface area contributed by atoms with Crippen molar-refractivity contribution in [3.63, 3.8) is 0 Å². The highest BCUT2D eigenvalue weighted by atomic mass is 16.5. The molecule has 0 spiro atoms. The van der Waals surface area contributed by atoms with E-state index in [0.717, 1.165) is 44.5 Å². The SMILES string of the molecule is CC(=O)CCCCC(C)CCCOc1ccc(Cc2ccccc2)cc1. The quantitative estimate of drug-likeness (QED) is 0.424. The molecule has 2 aromatic carbocycles. The molecule has 2 aromatic rings. The summed E-state index contributed by atoms with van der Waals surface area (Å²) in [5.41, 5.74) is 2.64. The molecule has 0 aliphatic rings. The van der Waals surface area contributed by atoms with Crippen LogP contribution in [0.5, 0.6) is 5.75 Å². The molecule has 0 amide bonds. The number of rotatable bonds is 12. The van der Waals surface area contributed by atoms with E-state index >= 15 is 0 Å². The number of carbonyl (C=O) groups excluding carboxylic acids is 1. The van der Waals surface area contributed by atoms with Gasteiger partial charge in [-0.2, -0.15) is 0 Å². The van der Waals surface area contributed by atoms with Crippen molar-refractivity contribution in [1.29, 1.82) is 0 Å². The zero-order chi connectivity index (χ0) is 18.6. The van der Waals surface area contributed by atoms with Gasteiger partial charge in [-0.15, -0.1) is 0 Å². The Balaban J connectivity index is 1.60. The Morgan fingerprint density at radius 1 is 0.885 bits per heavy atom. The fourth-order valence-electron chi connectivity index (χ4n) is 3.17. The van der Waals surface area contributed by atoms with Crippen LogP contribution in [-0.4, -0.2) is 12.4 Å². The summed E-state index contributed by atoms with van der Waals surface area (Å²) in [4.78, 5) is 10.9. The first-order valence-electron chi connectivity index (χ1n) is 9.88. The second-order valence-corrected chi connectivity index (χ2v) is 7.35. The highest BCUT2D eigenvalue weighted by Crippen LogP contribution is 2.18. The number of unbranched alkanes of at least 4 members (excludes halogenated alkanes) is 1. The Kier molecular flexibility index (Phi) is 8.95. The third-order valence-corrected chi connectivity index (χ3v) is 4.76. The zero-order valence-corrected chi connectivity index (χ0v) is 16.2. The summed E-state index contributed by atoms with van der Waals surface area (Å²) in [6.45, 7) is 4.75. The molecule has 0 aliphatic heterocycles. The van der Waals surface area contributed by atoms with Gasteiger partial charge in [0.25, 0.3) is 0 Å². The third kappa shape index (κ3) is 8.33. The first kappa shape index (κ1) is 20.2. The summed E-state index contributed by atoms with van der Waals surface area (Å²) >= 11 is 0. The fourth-order valence-corrected chi connectivity index (χ4v) is 3.17. The maximum absolute atomic E-state index is 10.9. The van der Waals surface area contributed by atoms with Gasteiger partial charge in [0.05, 0.1) is 6.61 Å². The van der Waals surface area contributed by atoms with E-state index in [-0.39, 0.29) is 0 Å². The molecule has 0 aliphatic carbocycles. The lowest BCUT2D eigenvalue weighted by Crippen LogP contribution is -2.02. The van der Waals surface area contributed by atoms with Crippen molar-refractivity contribution in [1.82, 2.24) is 0 Å². The predicted molar refractivity (Wildman–Crippen MR) is 109 cm³/mol. The lowest BCUT2D eigenvalue weighted by atomic mass is 9.98. The van der Waals surface area contributed by atoms with Crippen molar-refractivity contribution in [2.24, 2.45) is 5.92 Å². The molecule has 0 aromatic heterocycles. The van der Waals surface area contributed by atoms with Crippen molar-refractivity contribution in [3.8, 4) is 5.75 Å². The average Bonchev–Trinajstić information content (AvgIpc) is 2.64. The minimum Gasteiger partial charge on any atom is -0.494 e. The predicted octanol–water partition coefficient (Wildman–Crippen LogP) is 6.22. The minimum atomic E-state index is 0.306. The van der Waals surface area contributed by atoms with Crippen LogP contribution in [0, 0.1) is 5.92 Å². The normalized spacial score (nSPS) is 11.9. The lowest BCUT2D eigenvalue weighted by Gasteiger charge is -2.12. The lowest BCUT2D eigenvalue weighted by molar-refractivity contribution is -0.117. The number of benzene rings is 2. The van der Waals surface area contributed by atoms with Crippen LogP contribution in [-0.2, 0) is 11.2 Å². The molecule has 140 valence electrons. The highest BCUT2D eigenvalue weighted by Gasteiger charge is 2.04. The number of Topliss-reactive ketones (excluding diaryl/α,β-unsaturated/α-hetero) is 1. The molecule has 0 bridgehead atoms. The summed E-state index contributed by atoms with van der Waals surface area (Å²) in [5.74, 6) is 1.97. The van der Waals surface area contributed by atoms with E-state index < -0.39 is 0 Å². The fraction of sp³-hybridized carbons (Fsp3) is 0.458. The molecule has 26 heavy (non-hydrogen) atoms. The Morgan fingerprint density at radius 3 is 2.23 bits per heavy atom. The summed E-state index contributed by atoms with van der Waals surface area (Å²) < 4.78 is 5.87. The summed E-state index contributed by atoms with van der Waals surface area (Å²) in [5, 5.41) is 0. The second-order valence-electron chi connectivity index (χ2n) is 7.35. The number of hydrogen-bond acceptors (Lipinski definition) is 2. The van der Waals surface area contributed by atoms with Crippen molar-refractivity contribution in [2.75, 3.05) is 6.61 Å². The summed E-state index contributed by atoms with van der Waals surface area (Å²) in [6.07, 6.45) is 7.36. The second kappa shape index (κ2) is 11.5. The molecular weight excluding hydrogens is 320 g/mol. The van der Waals surface area contributed by atoms with Crippen LogP contribution in [0.1, 0.15) is 63.5 Å². The highest BCUT2D eigenvalue weighted by molar-refractivity contribution is 5.75. The Bertz CT molecular complexity index is 631. The monoisotopic (exact) mass is 352 g/mol. The molecule has 0 fully saturated rings. The Hall–Kier alpha value is -2.09. The van der Waals surface area contributed by atoms with E-state index in [4.69, 9.17) is 4.74 Å². The molecule has 2 nitrogen and oxygen atoms in total. The van der Waals surface area contributed by atoms with Gasteiger partial charge in [-0.05, 0) is 61.8 Å². The van der Waals surface area contributed by atoms with Gasteiger partial charge >= 0.3 is 0 Å². The molecule has 2 rings (SSSR count). The molecule has 0 saturated carbocycles. The first-order chi connectivity index (χ1) is 12.6. The van der Waals surface area contributed by atoms with E-state index in [9.17, 15) is 4.79 Å². The van der Waals surface area contributed by atoms with Crippen LogP contribution < -0.4 is 4.74 Å². The maximum atomic E-state index is 10.9. The standard InChI is InChI=1S/C24H32O2/c1-20(9-6-7-11-21(2)25)10-8-18-26-24-16-14-23(15-17-24)19-22-12-4-3-5-13-22/h3-5,12-17,20H,6-11,18-19H2,1-2H3. The maximum Gasteiger partial charge on any atom is 0.129 e. The van der Waals surface area contributed by atoms with Crippen LogP contribution in [0.4, 0.5) is 0 Å². The summed E-state index contributed by atoms with van der Waals surface area (Å²) in [7, 11) is 0. The largest absolute Gasteiger partial charge is 0.494 e. The van der Waals surface area contributed by atoms with Gasteiger partial charge in [-0.3, -0.25) is 0 Å². The number of hydrogen-bond donors (Lipinski definition) is 0. The topological polar surface area (TPSA) is 26.3 Å². The van der Waals surface area contributed by atoms with Gasteiger partial charge in [-0.25, -0.2) is 0 Å². The molecule has 1 unspecified atom stereocenters. The smallest absolute Gasteiger partial charge is 0.129 e. The van der Waals surface area contributed by atoms with Crippen molar-refractivity contribution < 1.29 is 9.53 Å². The molecular formula is C24H32O2. The number of carbonyl (C=O) groups is 1. The third-order valence-electron chi connectivity index (χ3n) is 4.76. The molecule has 0 saturated heterocycles. The molecule has 0 heterocycles. The van der Waals surface area contributed by atoms with Crippen LogP contribution in [0.15, 0.2) is 54.6 Å². The van der Waals surface area contributed by atoms with Gasteiger partial charge < -0.3 is 9.53 Å². The van der Waals surface area contributed by atoms with Crippen molar-refractivity contribution in [2.45, 2.75) is 58.8 Å². The van der Waals surface area contributed by atoms with Crippen LogP contribution in [0.3, 0.4) is 0 Å². The molecule has 0 radical (unpaired) electrons. The Morgan fingerprint density at radius 2 is 1.54 bits per heavy atom. The first-order valence-corrected chi connectivity index (χ1v) is 9.88. The van der Waals surface area contributed by atoms with Gasteiger partial charge in [-0.1, -0.05) is 62.2 Å². The number of ketones is 1. The van der Waals surface area contributed by atoms with E-state index in [1.165, 1.54) is 24.0 Å². The van der Waals surface area contributed by atoms with Crippen LogP contribution in [0.25, 0.3) is 0 Å². The summed E-state index contributed by atoms with van der Waals surface area (Å²) in [6, 6.07) is 19.0. The number of ether oxygens (including phenoxy) is 1. The van der Waals surface area contributed by atoms with E-state index in [0.29, 0.717) is 11.7 Å². The average molecular weight is 353 g/mol. The molecule has 2 heteroatoms. The van der Waals surface area contributed by atoms with Gasteiger partial charge in [0, 0.05) is 6.42 Å². The van der Waals surface area contributed by atoms with Gasteiger partial charge in [0.15, 0.2) is 0 Å². The van der Waals surface area contributed by atoms with E-state index in [1.807, 2.05) is 6.07 Å². The van der Waals surface area contributed by atoms with Crippen molar-refractivity contribution >= 4 is 5.78 Å². The van der Waals surface area contributed by atoms with E-state index in [2.05, 4.69) is 55.5 Å². The zero-order valence-electron chi connectivity index (χ0n) is 16.2. The van der Waals surface area contributed by atoms with E-state index in [1.54, 1.807) is 6.92 Å². The van der Waals surface area contributed by atoms with Crippen LogP contribution >= 0.6 is 0 Å². The molecule has 0 N–H and O–H groups in total.